The molecule has 1 heterocycles. The lowest BCUT2D eigenvalue weighted by Crippen LogP contribution is -2.15. The molecule has 0 spiro atoms. The summed E-state index contributed by atoms with van der Waals surface area (Å²) < 4.78 is 15.3. The predicted octanol–water partition coefficient (Wildman–Crippen LogP) is 4.79. The average molecular weight is 427 g/mol. The van der Waals surface area contributed by atoms with E-state index in [-0.39, 0.29) is 23.4 Å². The van der Waals surface area contributed by atoms with Crippen LogP contribution in [0.15, 0.2) is 59.9 Å². The van der Waals surface area contributed by atoms with E-state index in [9.17, 15) is 14.0 Å². The zero-order valence-corrected chi connectivity index (χ0v) is 17.6. The SMILES string of the molecule is CCCn1c(-c2ccc(F)cc2)cnc1SCC(=O)Nc1cccc(NC(C)=O)c1. The van der Waals surface area contributed by atoms with Crippen LogP contribution in [0.2, 0.25) is 0 Å². The molecule has 0 fully saturated rings. The van der Waals surface area contributed by atoms with Crippen LogP contribution in [0.5, 0.6) is 0 Å². The molecule has 0 unspecified atom stereocenters. The van der Waals surface area contributed by atoms with Gasteiger partial charge in [0.1, 0.15) is 5.82 Å². The topological polar surface area (TPSA) is 76.0 Å². The van der Waals surface area contributed by atoms with Crippen LogP contribution in [0.3, 0.4) is 0 Å². The standard InChI is InChI=1S/C22H23FN4O2S/c1-3-11-27-20(16-7-9-17(23)10-8-16)13-24-22(27)30-14-21(29)26-19-6-4-5-18(12-19)25-15(2)28/h4-10,12-13H,3,11,14H2,1-2H3,(H,25,28)(H,26,29). The van der Waals surface area contributed by atoms with Crippen molar-refractivity contribution in [1.82, 2.24) is 9.55 Å². The molecule has 8 heteroatoms. The lowest BCUT2D eigenvalue weighted by atomic mass is 10.1. The van der Waals surface area contributed by atoms with Crippen molar-refractivity contribution in [2.24, 2.45) is 0 Å². The first-order chi connectivity index (χ1) is 14.5. The summed E-state index contributed by atoms with van der Waals surface area (Å²) >= 11 is 1.34. The first kappa shape index (κ1) is 21.6. The van der Waals surface area contributed by atoms with Gasteiger partial charge in [-0.15, -0.1) is 0 Å². The first-order valence-electron chi connectivity index (χ1n) is 9.58. The van der Waals surface area contributed by atoms with Gasteiger partial charge in [-0.1, -0.05) is 24.8 Å². The Kier molecular flexibility index (Phi) is 7.24. The summed E-state index contributed by atoms with van der Waals surface area (Å²) in [6.45, 7) is 4.24. The van der Waals surface area contributed by atoms with E-state index in [0.29, 0.717) is 11.4 Å². The molecule has 6 nitrogen and oxygen atoms in total. The third-order valence-electron chi connectivity index (χ3n) is 4.21. The first-order valence-corrected chi connectivity index (χ1v) is 10.6. The van der Waals surface area contributed by atoms with Crippen LogP contribution in [-0.2, 0) is 16.1 Å². The van der Waals surface area contributed by atoms with E-state index in [1.807, 2.05) is 4.57 Å². The predicted molar refractivity (Wildman–Crippen MR) is 118 cm³/mol. The number of rotatable bonds is 8. The monoisotopic (exact) mass is 426 g/mol. The number of benzene rings is 2. The van der Waals surface area contributed by atoms with Gasteiger partial charge in [0.25, 0.3) is 0 Å². The van der Waals surface area contributed by atoms with Gasteiger partial charge < -0.3 is 15.2 Å². The molecule has 3 aromatic rings. The van der Waals surface area contributed by atoms with Gasteiger partial charge in [0.15, 0.2) is 5.16 Å². The highest BCUT2D eigenvalue weighted by molar-refractivity contribution is 7.99. The van der Waals surface area contributed by atoms with Gasteiger partial charge in [0.2, 0.25) is 11.8 Å². The highest BCUT2D eigenvalue weighted by Crippen LogP contribution is 2.27. The Bertz CT molecular complexity index is 1030. The summed E-state index contributed by atoms with van der Waals surface area (Å²) in [5.74, 6) is -0.439. The molecule has 3 rings (SSSR count). The number of nitrogens with zero attached hydrogens (tertiary/aromatic N) is 2. The van der Waals surface area contributed by atoms with Crippen molar-refractivity contribution < 1.29 is 14.0 Å². The van der Waals surface area contributed by atoms with Crippen LogP contribution in [-0.4, -0.2) is 27.1 Å². The molecule has 2 aromatic carbocycles. The van der Waals surface area contributed by atoms with Crippen molar-refractivity contribution in [1.29, 1.82) is 0 Å². The number of hydrogen-bond acceptors (Lipinski definition) is 4. The van der Waals surface area contributed by atoms with E-state index in [1.54, 1.807) is 42.6 Å². The van der Waals surface area contributed by atoms with E-state index in [4.69, 9.17) is 0 Å². The lowest BCUT2D eigenvalue weighted by Gasteiger charge is -2.11. The average Bonchev–Trinajstić information content (AvgIpc) is 3.10. The molecule has 156 valence electrons. The number of anilines is 2. The Hall–Kier alpha value is -3.13. The molecule has 0 saturated heterocycles. The number of thioether (sulfide) groups is 1. The highest BCUT2D eigenvalue weighted by Gasteiger charge is 2.14. The third kappa shape index (κ3) is 5.70. The minimum absolute atomic E-state index is 0.172. The Labute approximate surface area is 178 Å². The molecule has 0 bridgehead atoms. The van der Waals surface area contributed by atoms with E-state index in [2.05, 4.69) is 22.5 Å². The molecule has 0 atom stereocenters. The number of nitrogens with one attached hydrogen (secondary N) is 2. The quantitative estimate of drug-likeness (QED) is 0.508. The zero-order chi connectivity index (χ0) is 21.5. The number of amides is 2. The molecule has 0 saturated carbocycles. The van der Waals surface area contributed by atoms with E-state index in [1.165, 1.54) is 30.8 Å². The highest BCUT2D eigenvalue weighted by atomic mass is 32.2. The summed E-state index contributed by atoms with van der Waals surface area (Å²) in [6, 6.07) is 13.3. The number of hydrogen-bond donors (Lipinski definition) is 2. The molecule has 0 aliphatic heterocycles. The van der Waals surface area contributed by atoms with Crippen LogP contribution in [0.25, 0.3) is 11.3 Å². The molecular formula is C22H23FN4O2S. The maximum absolute atomic E-state index is 13.2. The van der Waals surface area contributed by atoms with Crippen molar-refractivity contribution in [3.63, 3.8) is 0 Å². The second kappa shape index (κ2) is 10.1. The molecule has 0 radical (unpaired) electrons. The summed E-state index contributed by atoms with van der Waals surface area (Å²) in [7, 11) is 0. The van der Waals surface area contributed by atoms with Crippen molar-refractivity contribution in [3.05, 3.63) is 60.5 Å². The summed E-state index contributed by atoms with van der Waals surface area (Å²) in [6.07, 6.45) is 2.65. The number of carbonyl (C=O) groups is 2. The van der Waals surface area contributed by atoms with Crippen molar-refractivity contribution in [2.45, 2.75) is 32.0 Å². The van der Waals surface area contributed by atoms with Crippen molar-refractivity contribution in [3.8, 4) is 11.3 Å². The summed E-state index contributed by atoms with van der Waals surface area (Å²) in [5, 5.41) is 6.25. The smallest absolute Gasteiger partial charge is 0.234 e. The summed E-state index contributed by atoms with van der Waals surface area (Å²) in [5.41, 5.74) is 3.00. The molecule has 0 aliphatic rings. The number of imidazole rings is 1. The number of carbonyl (C=O) groups excluding carboxylic acids is 2. The molecule has 30 heavy (non-hydrogen) atoms. The van der Waals surface area contributed by atoms with Gasteiger partial charge in [-0.25, -0.2) is 9.37 Å². The lowest BCUT2D eigenvalue weighted by molar-refractivity contribution is -0.114. The van der Waals surface area contributed by atoms with Crippen molar-refractivity contribution >= 4 is 35.0 Å². The minimum Gasteiger partial charge on any atom is -0.326 e. The number of halogens is 1. The van der Waals surface area contributed by atoms with Crippen LogP contribution < -0.4 is 10.6 Å². The molecule has 1 aromatic heterocycles. The molecule has 2 amide bonds. The van der Waals surface area contributed by atoms with Crippen molar-refractivity contribution in [2.75, 3.05) is 16.4 Å². The maximum Gasteiger partial charge on any atom is 0.234 e. The van der Waals surface area contributed by atoms with Gasteiger partial charge in [-0.2, -0.15) is 0 Å². The minimum atomic E-state index is -0.283. The second-order valence-corrected chi connectivity index (χ2v) is 7.63. The number of aromatic nitrogens is 2. The van der Waals surface area contributed by atoms with Gasteiger partial charge in [0, 0.05) is 24.8 Å². The fraction of sp³-hybridized carbons (Fsp3) is 0.227. The van der Waals surface area contributed by atoms with Gasteiger partial charge >= 0.3 is 0 Å². The second-order valence-electron chi connectivity index (χ2n) is 6.68. The Balaban J connectivity index is 1.67. The van der Waals surface area contributed by atoms with Crippen LogP contribution in [0.4, 0.5) is 15.8 Å². The van der Waals surface area contributed by atoms with Crippen LogP contribution in [0, 0.1) is 5.82 Å². The Morgan fingerprint density at radius 2 is 1.80 bits per heavy atom. The largest absolute Gasteiger partial charge is 0.326 e. The summed E-state index contributed by atoms with van der Waals surface area (Å²) in [4.78, 5) is 28.1. The molecule has 2 N–H and O–H groups in total. The van der Waals surface area contributed by atoms with Crippen LogP contribution in [0.1, 0.15) is 20.3 Å². The van der Waals surface area contributed by atoms with E-state index < -0.39 is 0 Å². The molecular weight excluding hydrogens is 403 g/mol. The maximum atomic E-state index is 13.2. The third-order valence-corrected chi connectivity index (χ3v) is 5.20. The van der Waals surface area contributed by atoms with Gasteiger partial charge in [-0.3, -0.25) is 9.59 Å². The van der Waals surface area contributed by atoms with Gasteiger partial charge in [-0.05, 0) is 54.4 Å². The molecule has 0 aliphatic carbocycles. The fourth-order valence-electron chi connectivity index (χ4n) is 2.97. The zero-order valence-electron chi connectivity index (χ0n) is 16.8. The Morgan fingerprint density at radius 3 is 2.47 bits per heavy atom. The Morgan fingerprint density at radius 1 is 1.10 bits per heavy atom. The van der Waals surface area contributed by atoms with Gasteiger partial charge in [0.05, 0.1) is 17.6 Å². The normalized spacial score (nSPS) is 10.6. The van der Waals surface area contributed by atoms with E-state index in [0.717, 1.165) is 29.4 Å². The van der Waals surface area contributed by atoms with Crippen LogP contribution >= 0.6 is 11.8 Å². The fourth-order valence-corrected chi connectivity index (χ4v) is 3.77. The van der Waals surface area contributed by atoms with E-state index >= 15 is 0 Å².